The van der Waals surface area contributed by atoms with Crippen molar-refractivity contribution in [1.29, 1.82) is 0 Å². The smallest absolute Gasteiger partial charge is 0.378 e. The van der Waals surface area contributed by atoms with E-state index >= 15 is 0 Å². The van der Waals surface area contributed by atoms with E-state index in [2.05, 4.69) is 25.8 Å². The van der Waals surface area contributed by atoms with E-state index in [1.807, 2.05) is 11.9 Å². The van der Waals surface area contributed by atoms with E-state index in [0.29, 0.717) is 34.6 Å². The lowest BCUT2D eigenvalue weighted by Crippen LogP contribution is -2.46. The zero-order valence-electron chi connectivity index (χ0n) is 21.5. The largest absolute Gasteiger partial charge is 0.393 e. The van der Waals surface area contributed by atoms with Crippen molar-refractivity contribution in [2.75, 3.05) is 25.5 Å². The Balaban J connectivity index is 1.43. The number of nitrogens with one attached hydrogen (secondary N) is 2. The number of piperidine rings is 1. The average molecular weight is 566 g/mol. The number of imidazole rings is 1. The van der Waals surface area contributed by atoms with Gasteiger partial charge in [0.1, 0.15) is 17.7 Å². The summed E-state index contributed by atoms with van der Waals surface area (Å²) < 4.78 is 63.1. The molecule has 1 amide bonds. The Hall–Kier alpha value is -3.52. The molecule has 3 aromatic heterocycles. The highest BCUT2D eigenvalue weighted by atomic mass is 32.1. The third-order valence-electron chi connectivity index (χ3n) is 6.69. The Bertz CT molecular complexity index is 1480. The molecule has 0 aliphatic carbocycles. The van der Waals surface area contributed by atoms with Gasteiger partial charge in [0.2, 0.25) is 11.7 Å². The molecule has 0 spiro atoms. The third kappa shape index (κ3) is 5.91. The van der Waals surface area contributed by atoms with Crippen LogP contribution < -0.4 is 10.6 Å². The molecule has 0 unspecified atom stereocenters. The number of thiophene rings is 1. The van der Waals surface area contributed by atoms with Gasteiger partial charge in [-0.2, -0.15) is 18.2 Å². The van der Waals surface area contributed by atoms with Gasteiger partial charge in [-0.25, -0.2) is 9.37 Å². The maximum absolute atomic E-state index is 14.7. The standard InChI is InChI=1S/C25H27F4N7O2S/c1-13-31-19(12-36(13)3)24(37)30-10-20-33-23(34-38-20)22-15(9-25(27,28)29)14-5-4-6-18(21(14)39-22)32-17-7-8-35(2)11-16(17)26/h4-6,12,16-17,32H,7-11H2,1-3H3,(H,30,37)/t16-,17+/m0/s1. The van der Waals surface area contributed by atoms with E-state index < -0.39 is 30.7 Å². The predicted molar refractivity (Wildman–Crippen MR) is 138 cm³/mol. The third-order valence-corrected chi connectivity index (χ3v) is 7.97. The first-order valence-electron chi connectivity index (χ1n) is 12.3. The first-order chi connectivity index (χ1) is 18.5. The maximum atomic E-state index is 14.7. The van der Waals surface area contributed by atoms with E-state index in [9.17, 15) is 22.4 Å². The molecule has 14 heteroatoms. The summed E-state index contributed by atoms with van der Waals surface area (Å²) in [6.45, 7) is 2.63. The van der Waals surface area contributed by atoms with Gasteiger partial charge >= 0.3 is 6.18 Å². The van der Waals surface area contributed by atoms with Gasteiger partial charge in [-0.05, 0) is 37.4 Å². The van der Waals surface area contributed by atoms with Crippen molar-refractivity contribution in [2.45, 2.75) is 44.7 Å². The minimum absolute atomic E-state index is 0.0120. The summed E-state index contributed by atoms with van der Waals surface area (Å²) >= 11 is 1.09. The van der Waals surface area contributed by atoms with Crippen molar-refractivity contribution in [3.05, 3.63) is 47.4 Å². The van der Waals surface area contributed by atoms with Crippen LogP contribution in [0, 0.1) is 6.92 Å². The van der Waals surface area contributed by atoms with Crippen LogP contribution in [0.25, 0.3) is 20.8 Å². The number of aryl methyl sites for hydroxylation is 2. The number of aromatic nitrogens is 4. The van der Waals surface area contributed by atoms with Gasteiger partial charge in [0, 0.05) is 26.3 Å². The number of amides is 1. The highest BCUT2D eigenvalue weighted by Gasteiger charge is 2.33. The topological polar surface area (TPSA) is 101 Å². The second-order valence-electron chi connectivity index (χ2n) is 9.68. The number of nitrogens with zero attached hydrogens (tertiary/aromatic N) is 5. The van der Waals surface area contributed by atoms with Crippen molar-refractivity contribution >= 4 is 33.0 Å². The van der Waals surface area contributed by atoms with Gasteiger partial charge in [-0.1, -0.05) is 17.3 Å². The number of carbonyl (C=O) groups excluding carboxylic acids is 1. The maximum Gasteiger partial charge on any atom is 0.393 e. The second-order valence-corrected chi connectivity index (χ2v) is 10.7. The number of carbonyl (C=O) groups is 1. The lowest BCUT2D eigenvalue weighted by Gasteiger charge is -2.33. The molecule has 0 radical (unpaired) electrons. The summed E-state index contributed by atoms with van der Waals surface area (Å²) in [6, 6.07) is 4.55. The summed E-state index contributed by atoms with van der Waals surface area (Å²) in [5.74, 6) is 0.233. The van der Waals surface area contributed by atoms with Crippen molar-refractivity contribution in [2.24, 2.45) is 7.05 Å². The molecular formula is C25H27F4N7O2S. The highest BCUT2D eigenvalue weighted by molar-refractivity contribution is 7.23. The van der Waals surface area contributed by atoms with Gasteiger partial charge in [-0.15, -0.1) is 11.3 Å². The first kappa shape index (κ1) is 27.1. The first-order valence-corrected chi connectivity index (χ1v) is 13.1. The lowest BCUT2D eigenvalue weighted by atomic mass is 10.0. The summed E-state index contributed by atoms with van der Waals surface area (Å²) in [7, 11) is 3.61. The number of rotatable bonds is 7. The van der Waals surface area contributed by atoms with Crippen molar-refractivity contribution < 1.29 is 26.9 Å². The summed E-state index contributed by atoms with van der Waals surface area (Å²) in [4.78, 5) is 22.9. The molecule has 4 aromatic rings. The fourth-order valence-electron chi connectivity index (χ4n) is 4.59. The molecule has 5 rings (SSSR count). The minimum atomic E-state index is -4.48. The SMILES string of the molecule is Cc1nc(C(=O)NCc2nc(-c3sc4c(N[C@@H]5CCN(C)C[C@@H]5F)cccc4c3CC(F)(F)F)no2)cn1C. The molecule has 9 nitrogen and oxygen atoms in total. The van der Waals surface area contributed by atoms with Crippen LogP contribution in [-0.4, -0.2) is 69.0 Å². The molecule has 1 aliphatic heterocycles. The monoisotopic (exact) mass is 565 g/mol. The number of hydrogen-bond donors (Lipinski definition) is 2. The molecule has 0 saturated carbocycles. The van der Waals surface area contributed by atoms with Crippen LogP contribution in [0.15, 0.2) is 28.9 Å². The van der Waals surface area contributed by atoms with E-state index in [1.54, 1.807) is 42.9 Å². The van der Waals surface area contributed by atoms with Crippen molar-refractivity contribution in [3.63, 3.8) is 0 Å². The molecule has 0 bridgehead atoms. The van der Waals surface area contributed by atoms with E-state index in [4.69, 9.17) is 4.52 Å². The molecule has 1 saturated heterocycles. The summed E-state index contributed by atoms with van der Waals surface area (Å²) in [5, 5.41) is 10.1. The zero-order chi connectivity index (χ0) is 27.9. The fraction of sp³-hybridized carbons (Fsp3) is 0.440. The van der Waals surface area contributed by atoms with Gasteiger partial charge in [0.05, 0.1) is 34.3 Å². The quantitative estimate of drug-likeness (QED) is 0.319. The lowest BCUT2D eigenvalue weighted by molar-refractivity contribution is -0.126. The molecule has 2 atom stereocenters. The van der Waals surface area contributed by atoms with E-state index in [-0.39, 0.29) is 40.9 Å². The summed E-state index contributed by atoms with van der Waals surface area (Å²) in [6.07, 6.45) is -4.64. The molecule has 39 heavy (non-hydrogen) atoms. The molecule has 4 heterocycles. The molecule has 1 fully saturated rings. The van der Waals surface area contributed by atoms with Crippen LogP contribution in [0.5, 0.6) is 0 Å². The molecule has 208 valence electrons. The van der Waals surface area contributed by atoms with Gasteiger partial charge in [-0.3, -0.25) is 4.79 Å². The number of anilines is 1. The fourth-order valence-corrected chi connectivity index (χ4v) is 5.82. The molecular weight excluding hydrogens is 538 g/mol. The molecule has 1 aliphatic rings. The van der Waals surface area contributed by atoms with Crippen LogP contribution in [0.4, 0.5) is 23.2 Å². The Morgan fingerprint density at radius 2 is 2.05 bits per heavy atom. The average Bonchev–Trinajstić information content (AvgIpc) is 3.57. The van der Waals surface area contributed by atoms with Crippen molar-refractivity contribution in [3.8, 4) is 10.7 Å². The Morgan fingerprint density at radius 1 is 1.26 bits per heavy atom. The number of hydrogen-bond acceptors (Lipinski definition) is 8. The Kier molecular flexibility index (Phi) is 7.33. The Morgan fingerprint density at radius 3 is 2.74 bits per heavy atom. The number of alkyl halides is 4. The van der Waals surface area contributed by atoms with Crippen molar-refractivity contribution in [1.82, 2.24) is 29.9 Å². The van der Waals surface area contributed by atoms with Gasteiger partial charge in [0.25, 0.3) is 5.91 Å². The normalized spacial score (nSPS) is 18.5. The van der Waals surface area contributed by atoms with E-state index in [0.717, 1.165) is 11.3 Å². The molecule has 2 N–H and O–H groups in total. The number of fused-ring (bicyclic) bond motifs is 1. The van der Waals surface area contributed by atoms with E-state index in [1.165, 1.54) is 0 Å². The minimum Gasteiger partial charge on any atom is -0.378 e. The van der Waals surface area contributed by atoms with Gasteiger partial charge in [0.15, 0.2) is 0 Å². The zero-order valence-corrected chi connectivity index (χ0v) is 22.3. The van der Waals surface area contributed by atoms with Crippen LogP contribution in [0.3, 0.4) is 0 Å². The number of benzene rings is 1. The van der Waals surface area contributed by atoms with Gasteiger partial charge < -0.3 is 24.6 Å². The van der Waals surface area contributed by atoms with Crippen LogP contribution >= 0.6 is 11.3 Å². The van der Waals surface area contributed by atoms with Crippen LogP contribution in [-0.2, 0) is 20.0 Å². The van der Waals surface area contributed by atoms with Crippen LogP contribution in [0.1, 0.15) is 34.2 Å². The van der Waals surface area contributed by atoms with Crippen LogP contribution in [0.2, 0.25) is 0 Å². The summed E-state index contributed by atoms with van der Waals surface area (Å²) in [5.41, 5.74) is 0.796. The predicted octanol–water partition coefficient (Wildman–Crippen LogP) is 4.48. The Labute approximate surface area is 225 Å². The highest BCUT2D eigenvalue weighted by Crippen LogP contribution is 2.43. The molecule has 1 aromatic carbocycles. The second kappa shape index (κ2) is 10.6. The number of halogens is 4. The number of likely N-dealkylation sites (tertiary alicyclic amines) is 1.